The molecule has 2 rings (SSSR count). The quantitative estimate of drug-likeness (QED) is 0.774. The molecule has 0 saturated carbocycles. The summed E-state index contributed by atoms with van der Waals surface area (Å²) in [5.41, 5.74) is 0.415. The van der Waals surface area contributed by atoms with Crippen molar-refractivity contribution < 1.29 is 23.0 Å². The molecule has 6 nitrogen and oxygen atoms in total. The molecule has 0 radical (unpaired) electrons. The summed E-state index contributed by atoms with van der Waals surface area (Å²) in [6, 6.07) is 2.86. The van der Waals surface area contributed by atoms with Crippen LogP contribution in [0.4, 0.5) is 8.78 Å². The largest absolute Gasteiger partial charge is 0.487 e. The van der Waals surface area contributed by atoms with Gasteiger partial charge in [0.1, 0.15) is 36.2 Å². The fraction of sp³-hybridized carbons (Fsp3) is 0.250. The molecule has 0 bridgehead atoms. The predicted octanol–water partition coefficient (Wildman–Crippen LogP) is 1.31. The van der Waals surface area contributed by atoms with E-state index in [1.807, 2.05) is 0 Å². The van der Waals surface area contributed by atoms with Gasteiger partial charge >= 0.3 is 5.97 Å². The maximum Gasteiger partial charge on any atom is 0.327 e. The van der Waals surface area contributed by atoms with Gasteiger partial charge in [-0.1, -0.05) is 5.21 Å². The van der Waals surface area contributed by atoms with E-state index in [0.29, 0.717) is 5.69 Å². The summed E-state index contributed by atoms with van der Waals surface area (Å²) in [4.78, 5) is 11.0. The van der Waals surface area contributed by atoms with Gasteiger partial charge in [0.15, 0.2) is 0 Å². The molecule has 0 spiro atoms. The van der Waals surface area contributed by atoms with Gasteiger partial charge in [-0.15, -0.1) is 5.10 Å². The van der Waals surface area contributed by atoms with E-state index in [1.165, 1.54) is 18.0 Å². The number of esters is 1. The zero-order chi connectivity index (χ0) is 14.5. The van der Waals surface area contributed by atoms with Crippen molar-refractivity contribution in [1.82, 2.24) is 15.0 Å². The highest BCUT2D eigenvalue weighted by atomic mass is 19.1. The van der Waals surface area contributed by atoms with Crippen LogP contribution < -0.4 is 4.74 Å². The molecule has 1 aromatic carbocycles. The minimum Gasteiger partial charge on any atom is -0.487 e. The molecule has 2 aromatic rings. The number of carbonyl (C=O) groups is 1. The molecule has 0 atom stereocenters. The maximum atomic E-state index is 12.9. The Balaban J connectivity index is 1.95. The number of aromatic nitrogens is 3. The molecule has 0 saturated heterocycles. The zero-order valence-corrected chi connectivity index (χ0v) is 10.5. The Hall–Kier alpha value is -2.51. The fourth-order valence-corrected chi connectivity index (χ4v) is 1.45. The lowest BCUT2D eigenvalue weighted by molar-refractivity contribution is -0.141. The Kier molecular flexibility index (Phi) is 4.24. The maximum absolute atomic E-state index is 12.9. The fourth-order valence-electron chi connectivity index (χ4n) is 1.45. The Morgan fingerprint density at radius 3 is 2.65 bits per heavy atom. The minimum absolute atomic E-state index is 0.0237. The second kappa shape index (κ2) is 6.09. The molecule has 106 valence electrons. The third-order valence-corrected chi connectivity index (χ3v) is 2.33. The van der Waals surface area contributed by atoms with Crippen molar-refractivity contribution in [2.45, 2.75) is 13.2 Å². The number of carbonyl (C=O) groups excluding carboxylic acids is 1. The zero-order valence-electron chi connectivity index (χ0n) is 10.5. The topological polar surface area (TPSA) is 66.2 Å². The summed E-state index contributed by atoms with van der Waals surface area (Å²) in [7, 11) is 1.27. The van der Waals surface area contributed by atoms with Gasteiger partial charge < -0.3 is 9.47 Å². The summed E-state index contributed by atoms with van der Waals surface area (Å²) < 4.78 is 36.8. The van der Waals surface area contributed by atoms with Gasteiger partial charge in [0, 0.05) is 18.2 Å². The number of halogens is 2. The van der Waals surface area contributed by atoms with Gasteiger partial charge in [0.05, 0.1) is 13.3 Å². The molecule has 0 fully saturated rings. The first-order valence-electron chi connectivity index (χ1n) is 5.61. The molecule has 20 heavy (non-hydrogen) atoms. The van der Waals surface area contributed by atoms with Gasteiger partial charge in [0.2, 0.25) is 0 Å². The molecule has 0 amide bonds. The molecule has 8 heteroatoms. The number of nitrogens with zero attached hydrogens (tertiary/aromatic N) is 3. The minimum atomic E-state index is -0.727. The van der Waals surface area contributed by atoms with Crippen molar-refractivity contribution >= 4 is 5.97 Å². The molecule has 0 aliphatic carbocycles. The first kappa shape index (κ1) is 13.9. The van der Waals surface area contributed by atoms with Crippen molar-refractivity contribution in [1.29, 1.82) is 0 Å². The summed E-state index contributed by atoms with van der Waals surface area (Å²) >= 11 is 0. The van der Waals surface area contributed by atoms with E-state index < -0.39 is 17.6 Å². The van der Waals surface area contributed by atoms with Crippen LogP contribution in [0.25, 0.3) is 0 Å². The molecule has 0 aliphatic heterocycles. The van der Waals surface area contributed by atoms with Gasteiger partial charge in [-0.3, -0.25) is 4.79 Å². The number of methoxy groups -OCH3 is 1. The SMILES string of the molecule is COC(=O)Cn1cc(COc2cc(F)cc(F)c2)nn1. The highest BCUT2D eigenvalue weighted by Crippen LogP contribution is 2.16. The predicted molar refractivity (Wildman–Crippen MR) is 62.7 cm³/mol. The Bertz CT molecular complexity index is 595. The van der Waals surface area contributed by atoms with Crippen LogP contribution in [0.3, 0.4) is 0 Å². The van der Waals surface area contributed by atoms with Crippen LogP contribution in [-0.4, -0.2) is 28.1 Å². The Morgan fingerprint density at radius 2 is 2.00 bits per heavy atom. The molecule has 0 unspecified atom stereocenters. The van der Waals surface area contributed by atoms with E-state index in [2.05, 4.69) is 15.0 Å². The summed E-state index contributed by atoms with van der Waals surface area (Å²) in [5.74, 6) is -1.87. The van der Waals surface area contributed by atoms with Gasteiger partial charge in [-0.05, 0) is 0 Å². The molecular formula is C12H11F2N3O3. The lowest BCUT2D eigenvalue weighted by Gasteiger charge is -2.03. The third kappa shape index (κ3) is 3.74. The molecular weight excluding hydrogens is 272 g/mol. The first-order valence-corrected chi connectivity index (χ1v) is 5.61. The lowest BCUT2D eigenvalue weighted by Crippen LogP contribution is -2.11. The van der Waals surface area contributed by atoms with Crippen molar-refractivity contribution in [3.05, 3.63) is 41.7 Å². The average molecular weight is 283 g/mol. The number of ether oxygens (including phenoxy) is 2. The van der Waals surface area contributed by atoms with E-state index in [9.17, 15) is 13.6 Å². The van der Waals surface area contributed by atoms with Gasteiger partial charge in [-0.2, -0.15) is 0 Å². The van der Waals surface area contributed by atoms with Gasteiger partial charge in [0.25, 0.3) is 0 Å². The van der Waals surface area contributed by atoms with Crippen molar-refractivity contribution in [2.75, 3.05) is 7.11 Å². The van der Waals surface area contributed by atoms with Crippen LogP contribution in [0.5, 0.6) is 5.75 Å². The van der Waals surface area contributed by atoms with Crippen LogP contribution >= 0.6 is 0 Å². The van der Waals surface area contributed by atoms with Crippen LogP contribution in [0, 0.1) is 11.6 Å². The molecule has 0 N–H and O–H groups in total. The Labute approximate surface area is 112 Å². The van der Waals surface area contributed by atoms with Crippen LogP contribution in [0.15, 0.2) is 24.4 Å². The average Bonchev–Trinajstić information content (AvgIpc) is 2.83. The van der Waals surface area contributed by atoms with Crippen molar-refractivity contribution in [3.8, 4) is 5.75 Å². The van der Waals surface area contributed by atoms with E-state index in [1.54, 1.807) is 0 Å². The highest BCUT2D eigenvalue weighted by Gasteiger charge is 2.07. The third-order valence-electron chi connectivity index (χ3n) is 2.33. The summed E-state index contributed by atoms with van der Waals surface area (Å²) in [5, 5.41) is 7.45. The smallest absolute Gasteiger partial charge is 0.327 e. The Morgan fingerprint density at radius 1 is 1.30 bits per heavy atom. The van der Waals surface area contributed by atoms with E-state index in [4.69, 9.17) is 4.74 Å². The van der Waals surface area contributed by atoms with Gasteiger partial charge in [-0.25, -0.2) is 13.5 Å². The van der Waals surface area contributed by atoms with Crippen LogP contribution in [-0.2, 0) is 22.7 Å². The summed E-state index contributed by atoms with van der Waals surface area (Å²) in [6.07, 6.45) is 1.48. The van der Waals surface area contributed by atoms with Crippen molar-refractivity contribution in [2.24, 2.45) is 0 Å². The first-order chi connectivity index (χ1) is 9.56. The molecule has 1 aromatic heterocycles. The van der Waals surface area contributed by atoms with E-state index >= 15 is 0 Å². The second-order valence-electron chi connectivity index (χ2n) is 3.88. The lowest BCUT2D eigenvalue weighted by atomic mass is 10.3. The highest BCUT2D eigenvalue weighted by molar-refractivity contribution is 5.68. The molecule has 0 aliphatic rings. The van der Waals surface area contributed by atoms with Crippen LogP contribution in [0.1, 0.15) is 5.69 Å². The standard InChI is InChI=1S/C12H11F2N3O3/c1-19-12(18)6-17-5-10(15-16-17)7-20-11-3-8(13)2-9(14)4-11/h2-5H,6-7H2,1H3. The molecule has 1 heterocycles. The monoisotopic (exact) mass is 283 g/mol. The number of rotatable bonds is 5. The number of hydrogen-bond acceptors (Lipinski definition) is 5. The van der Waals surface area contributed by atoms with E-state index in [-0.39, 0.29) is 18.9 Å². The van der Waals surface area contributed by atoms with Crippen molar-refractivity contribution in [3.63, 3.8) is 0 Å². The number of hydrogen-bond donors (Lipinski definition) is 0. The summed E-state index contributed by atoms with van der Waals surface area (Å²) in [6.45, 7) is -0.0951. The number of benzene rings is 1. The second-order valence-corrected chi connectivity index (χ2v) is 3.88. The van der Waals surface area contributed by atoms with Crippen LogP contribution in [0.2, 0.25) is 0 Å². The normalized spacial score (nSPS) is 10.3. The van der Waals surface area contributed by atoms with E-state index in [0.717, 1.165) is 18.2 Å².